The number of phenolic OH excluding ortho intramolecular Hbond substituents is 1. The van der Waals surface area contributed by atoms with Crippen LogP contribution in [0, 0.1) is 0 Å². The van der Waals surface area contributed by atoms with Crippen molar-refractivity contribution in [3.05, 3.63) is 41.5 Å². The molecule has 5 nitrogen and oxygen atoms in total. The quantitative estimate of drug-likeness (QED) is 0.652. The normalized spacial score (nSPS) is 15.0. The molecule has 0 amide bonds. The maximum absolute atomic E-state index is 12.7. The van der Waals surface area contributed by atoms with Crippen LogP contribution in [0.15, 0.2) is 30.3 Å². The standard InChI is InChI=1S/C21H25NO4/c1-21(2)11-10-16-17(20(24)25-13-7-12-22(3)4)18(23)14-8-5-6-9-15(14)19(16)26-21/h5-6,8-11,23H,7,12-13H2,1-4H3. The van der Waals surface area contributed by atoms with Gasteiger partial charge in [0.1, 0.15) is 22.7 Å². The molecule has 1 aliphatic rings. The van der Waals surface area contributed by atoms with E-state index in [1.807, 2.05) is 63.2 Å². The van der Waals surface area contributed by atoms with Crippen molar-refractivity contribution in [2.75, 3.05) is 27.2 Å². The number of phenols is 1. The summed E-state index contributed by atoms with van der Waals surface area (Å²) in [5, 5.41) is 12.1. The molecule has 0 unspecified atom stereocenters. The smallest absolute Gasteiger partial charge is 0.342 e. The average Bonchev–Trinajstić information content (AvgIpc) is 2.59. The van der Waals surface area contributed by atoms with Gasteiger partial charge in [-0.2, -0.15) is 0 Å². The van der Waals surface area contributed by atoms with Crippen LogP contribution in [-0.4, -0.2) is 48.8 Å². The lowest BCUT2D eigenvalue weighted by atomic mass is 9.93. The van der Waals surface area contributed by atoms with Crippen LogP contribution in [-0.2, 0) is 4.74 Å². The Morgan fingerprint density at radius 3 is 2.62 bits per heavy atom. The predicted molar refractivity (Wildman–Crippen MR) is 103 cm³/mol. The van der Waals surface area contributed by atoms with Crippen molar-refractivity contribution in [1.82, 2.24) is 4.90 Å². The van der Waals surface area contributed by atoms with Crippen molar-refractivity contribution >= 4 is 22.8 Å². The van der Waals surface area contributed by atoms with Gasteiger partial charge in [0.15, 0.2) is 0 Å². The number of rotatable bonds is 5. The first kappa shape index (κ1) is 18.3. The van der Waals surface area contributed by atoms with E-state index in [-0.39, 0.29) is 11.3 Å². The Hall–Kier alpha value is -2.53. The van der Waals surface area contributed by atoms with Crippen LogP contribution in [0.3, 0.4) is 0 Å². The first-order valence-corrected chi connectivity index (χ1v) is 8.78. The summed E-state index contributed by atoms with van der Waals surface area (Å²) in [5.74, 6) is 0.00673. The number of nitrogens with zero attached hydrogens (tertiary/aromatic N) is 1. The highest BCUT2D eigenvalue weighted by molar-refractivity contribution is 6.08. The second-order valence-electron chi connectivity index (χ2n) is 7.34. The zero-order valence-corrected chi connectivity index (χ0v) is 15.7. The molecule has 2 aromatic carbocycles. The SMILES string of the molecule is CN(C)CCCOC(=O)c1c2c(c3ccccc3c1O)OC(C)(C)C=C2. The summed E-state index contributed by atoms with van der Waals surface area (Å²) >= 11 is 0. The van der Waals surface area contributed by atoms with Gasteiger partial charge in [0.05, 0.1) is 6.61 Å². The molecule has 1 N–H and O–H groups in total. The molecule has 0 atom stereocenters. The molecule has 0 aromatic heterocycles. The van der Waals surface area contributed by atoms with Gasteiger partial charge in [0, 0.05) is 22.9 Å². The topological polar surface area (TPSA) is 59.0 Å². The third-order valence-corrected chi connectivity index (χ3v) is 4.38. The predicted octanol–water partition coefficient (Wildman–Crippen LogP) is 3.84. The fraction of sp³-hybridized carbons (Fsp3) is 0.381. The minimum atomic E-state index is -0.531. The van der Waals surface area contributed by atoms with E-state index in [0.29, 0.717) is 23.3 Å². The molecule has 0 spiro atoms. The summed E-state index contributed by atoms with van der Waals surface area (Å²) in [7, 11) is 3.94. The van der Waals surface area contributed by atoms with Gasteiger partial charge in [-0.1, -0.05) is 30.3 Å². The molecule has 5 heteroatoms. The van der Waals surface area contributed by atoms with Crippen molar-refractivity contribution in [1.29, 1.82) is 0 Å². The number of esters is 1. The zero-order valence-electron chi connectivity index (χ0n) is 15.7. The van der Waals surface area contributed by atoms with Crippen LogP contribution in [0.4, 0.5) is 0 Å². The molecular weight excluding hydrogens is 330 g/mol. The molecule has 0 radical (unpaired) electrons. The fourth-order valence-corrected chi connectivity index (χ4v) is 3.08. The molecule has 1 aliphatic heterocycles. The lowest BCUT2D eigenvalue weighted by Crippen LogP contribution is -2.28. The van der Waals surface area contributed by atoms with Crippen molar-refractivity contribution in [2.24, 2.45) is 0 Å². The van der Waals surface area contributed by atoms with E-state index < -0.39 is 11.6 Å². The molecule has 2 aromatic rings. The van der Waals surface area contributed by atoms with Crippen LogP contribution < -0.4 is 4.74 Å². The molecular formula is C21H25NO4. The Bertz CT molecular complexity index is 868. The Labute approximate surface area is 153 Å². The van der Waals surface area contributed by atoms with Gasteiger partial charge in [0.25, 0.3) is 0 Å². The molecule has 26 heavy (non-hydrogen) atoms. The molecule has 0 bridgehead atoms. The van der Waals surface area contributed by atoms with E-state index >= 15 is 0 Å². The van der Waals surface area contributed by atoms with Gasteiger partial charge in [-0.25, -0.2) is 4.79 Å². The Balaban J connectivity index is 2.03. The number of carbonyl (C=O) groups is 1. The lowest BCUT2D eigenvalue weighted by Gasteiger charge is -2.30. The highest BCUT2D eigenvalue weighted by atomic mass is 16.5. The number of carbonyl (C=O) groups excluding carboxylic acids is 1. The summed E-state index contributed by atoms with van der Waals surface area (Å²) in [6.45, 7) is 5.03. The third kappa shape index (κ3) is 3.53. The average molecular weight is 355 g/mol. The van der Waals surface area contributed by atoms with Gasteiger partial charge in [-0.3, -0.25) is 0 Å². The minimum absolute atomic E-state index is 0.0649. The number of hydrogen-bond acceptors (Lipinski definition) is 5. The summed E-state index contributed by atoms with van der Waals surface area (Å²) < 4.78 is 11.5. The van der Waals surface area contributed by atoms with Gasteiger partial charge in [-0.05, 0) is 40.4 Å². The van der Waals surface area contributed by atoms with E-state index in [1.54, 1.807) is 6.07 Å². The molecule has 1 heterocycles. The van der Waals surface area contributed by atoms with Crippen molar-refractivity contribution in [2.45, 2.75) is 25.9 Å². The molecule has 138 valence electrons. The van der Waals surface area contributed by atoms with Crippen LogP contribution >= 0.6 is 0 Å². The summed E-state index contributed by atoms with van der Waals surface area (Å²) in [4.78, 5) is 14.7. The molecule has 0 fully saturated rings. The van der Waals surface area contributed by atoms with Gasteiger partial charge in [0.2, 0.25) is 0 Å². The highest BCUT2D eigenvalue weighted by Gasteiger charge is 2.30. The van der Waals surface area contributed by atoms with Crippen LogP contribution in [0.1, 0.15) is 36.2 Å². The highest BCUT2D eigenvalue weighted by Crippen LogP contribution is 2.44. The van der Waals surface area contributed by atoms with E-state index in [4.69, 9.17) is 9.47 Å². The Morgan fingerprint density at radius 1 is 1.23 bits per heavy atom. The number of hydrogen-bond donors (Lipinski definition) is 1. The number of aromatic hydroxyl groups is 1. The second-order valence-corrected chi connectivity index (χ2v) is 7.34. The molecule has 0 saturated heterocycles. The fourth-order valence-electron chi connectivity index (χ4n) is 3.08. The number of benzene rings is 2. The second kappa shape index (κ2) is 7.00. The number of fused-ring (bicyclic) bond motifs is 3. The maximum Gasteiger partial charge on any atom is 0.342 e. The first-order valence-electron chi connectivity index (χ1n) is 8.78. The van der Waals surface area contributed by atoms with E-state index in [2.05, 4.69) is 0 Å². The summed E-state index contributed by atoms with van der Waals surface area (Å²) in [5.41, 5.74) is 0.244. The van der Waals surface area contributed by atoms with Gasteiger partial charge in [-0.15, -0.1) is 0 Å². The van der Waals surface area contributed by atoms with Gasteiger partial charge >= 0.3 is 5.97 Å². The number of ether oxygens (including phenoxy) is 2. The van der Waals surface area contributed by atoms with E-state index in [0.717, 1.165) is 18.4 Å². The Kier molecular flexibility index (Phi) is 4.92. The van der Waals surface area contributed by atoms with Crippen molar-refractivity contribution in [3.63, 3.8) is 0 Å². The zero-order chi connectivity index (χ0) is 18.9. The summed E-state index contributed by atoms with van der Waals surface area (Å²) in [6, 6.07) is 7.37. The van der Waals surface area contributed by atoms with Crippen molar-refractivity contribution < 1.29 is 19.4 Å². The molecule has 0 saturated carbocycles. The molecule has 3 rings (SSSR count). The summed E-state index contributed by atoms with van der Waals surface area (Å²) in [6.07, 6.45) is 4.45. The monoisotopic (exact) mass is 355 g/mol. The third-order valence-electron chi connectivity index (χ3n) is 4.38. The first-order chi connectivity index (χ1) is 12.3. The largest absolute Gasteiger partial charge is 0.506 e. The van der Waals surface area contributed by atoms with E-state index in [9.17, 15) is 9.90 Å². The minimum Gasteiger partial charge on any atom is -0.506 e. The van der Waals surface area contributed by atoms with Crippen LogP contribution in [0.25, 0.3) is 16.8 Å². The van der Waals surface area contributed by atoms with Crippen LogP contribution in [0.2, 0.25) is 0 Å². The van der Waals surface area contributed by atoms with Crippen LogP contribution in [0.5, 0.6) is 11.5 Å². The van der Waals surface area contributed by atoms with Crippen molar-refractivity contribution in [3.8, 4) is 11.5 Å². The van der Waals surface area contributed by atoms with E-state index in [1.165, 1.54) is 0 Å². The lowest BCUT2D eigenvalue weighted by molar-refractivity contribution is 0.0488. The Morgan fingerprint density at radius 2 is 1.92 bits per heavy atom. The molecule has 0 aliphatic carbocycles. The maximum atomic E-state index is 12.7. The van der Waals surface area contributed by atoms with Gasteiger partial charge < -0.3 is 19.5 Å².